The molecule has 0 unspecified atom stereocenters. The molecule has 2 aromatic carbocycles. The zero-order chi connectivity index (χ0) is 17.5. The van der Waals surface area contributed by atoms with Gasteiger partial charge < -0.3 is 4.74 Å². The molecule has 0 aliphatic carbocycles. The summed E-state index contributed by atoms with van der Waals surface area (Å²) in [5.74, 6) is 0.774. The largest absolute Gasteiger partial charge is 0.490 e. The molecule has 4 heteroatoms. The molecule has 3 nitrogen and oxygen atoms in total. The highest BCUT2D eigenvalue weighted by molar-refractivity contribution is 7.11. The Bertz CT molecular complexity index is 919. The summed E-state index contributed by atoms with van der Waals surface area (Å²) in [5.41, 5.74) is 3.41. The molecule has 122 valence electrons. The van der Waals surface area contributed by atoms with Gasteiger partial charge in [-0.1, -0.05) is 55.1 Å². The van der Waals surface area contributed by atoms with Gasteiger partial charge in [0.2, 0.25) is 0 Å². The molecule has 0 aliphatic rings. The van der Waals surface area contributed by atoms with E-state index in [2.05, 4.69) is 17.6 Å². The van der Waals surface area contributed by atoms with Gasteiger partial charge in [-0.15, -0.1) is 11.3 Å². The number of thiazole rings is 1. The number of nitrogens with zero attached hydrogens (tertiary/aromatic N) is 2. The van der Waals surface area contributed by atoms with Gasteiger partial charge in [0, 0.05) is 10.9 Å². The van der Waals surface area contributed by atoms with Crippen LogP contribution in [0.15, 0.2) is 72.6 Å². The quantitative estimate of drug-likeness (QED) is 0.442. The molecule has 1 aromatic heterocycles. The summed E-state index contributed by atoms with van der Waals surface area (Å²) in [6.45, 7) is 4.10. The minimum atomic E-state index is 0.472. The first-order valence-electron chi connectivity index (χ1n) is 7.77. The maximum absolute atomic E-state index is 9.50. The molecule has 3 aromatic rings. The van der Waals surface area contributed by atoms with Crippen molar-refractivity contribution in [1.82, 2.24) is 4.98 Å². The number of aromatic nitrogens is 1. The fourth-order valence-corrected chi connectivity index (χ4v) is 3.06. The number of ether oxygens (including phenoxy) is 1. The van der Waals surface area contributed by atoms with Crippen LogP contribution in [-0.2, 0) is 0 Å². The molecule has 0 atom stereocenters. The third-order valence-electron chi connectivity index (χ3n) is 3.48. The van der Waals surface area contributed by atoms with E-state index in [-0.39, 0.29) is 0 Å². The molecule has 1 heterocycles. The summed E-state index contributed by atoms with van der Waals surface area (Å²) in [7, 11) is 0. The number of benzene rings is 2. The molecular weight excluding hydrogens is 328 g/mol. The Morgan fingerprint density at radius 2 is 1.92 bits per heavy atom. The van der Waals surface area contributed by atoms with Crippen molar-refractivity contribution in [3.05, 3.63) is 83.2 Å². The SMILES string of the molecule is C=CCOc1ccc(/C=C(\C#N)c2nc(-c3ccccc3)cs2)cc1. The first kappa shape index (κ1) is 16.7. The van der Waals surface area contributed by atoms with E-state index in [0.29, 0.717) is 17.2 Å². The van der Waals surface area contributed by atoms with Gasteiger partial charge in [-0.3, -0.25) is 0 Å². The molecule has 0 fully saturated rings. The van der Waals surface area contributed by atoms with E-state index in [0.717, 1.165) is 22.6 Å². The monoisotopic (exact) mass is 344 g/mol. The average molecular weight is 344 g/mol. The summed E-state index contributed by atoms with van der Waals surface area (Å²) >= 11 is 1.47. The number of hydrogen-bond acceptors (Lipinski definition) is 4. The number of allylic oxidation sites excluding steroid dienone is 1. The third-order valence-corrected chi connectivity index (χ3v) is 4.36. The average Bonchev–Trinajstić information content (AvgIpc) is 3.16. The van der Waals surface area contributed by atoms with Gasteiger partial charge in [-0.25, -0.2) is 4.98 Å². The summed E-state index contributed by atoms with van der Waals surface area (Å²) in [6, 6.07) is 19.8. The number of nitriles is 1. The normalized spacial score (nSPS) is 10.9. The number of hydrogen-bond donors (Lipinski definition) is 0. The van der Waals surface area contributed by atoms with Crippen molar-refractivity contribution >= 4 is 23.0 Å². The van der Waals surface area contributed by atoms with Crippen molar-refractivity contribution in [2.45, 2.75) is 0 Å². The highest BCUT2D eigenvalue weighted by Gasteiger charge is 2.09. The van der Waals surface area contributed by atoms with Gasteiger partial charge in [0.15, 0.2) is 0 Å². The first-order valence-corrected chi connectivity index (χ1v) is 8.65. The minimum absolute atomic E-state index is 0.472. The van der Waals surface area contributed by atoms with E-state index in [1.165, 1.54) is 11.3 Å². The lowest BCUT2D eigenvalue weighted by atomic mass is 10.1. The van der Waals surface area contributed by atoms with Crippen molar-refractivity contribution in [3.8, 4) is 23.1 Å². The second-order valence-electron chi connectivity index (χ2n) is 5.24. The maximum Gasteiger partial charge on any atom is 0.134 e. The number of rotatable bonds is 6. The molecule has 0 aliphatic heterocycles. The van der Waals surface area contributed by atoms with E-state index in [1.54, 1.807) is 6.08 Å². The highest BCUT2D eigenvalue weighted by atomic mass is 32.1. The van der Waals surface area contributed by atoms with E-state index >= 15 is 0 Å². The van der Waals surface area contributed by atoms with Crippen LogP contribution in [0.25, 0.3) is 22.9 Å². The van der Waals surface area contributed by atoms with E-state index < -0.39 is 0 Å². The zero-order valence-electron chi connectivity index (χ0n) is 13.6. The highest BCUT2D eigenvalue weighted by Crippen LogP contribution is 2.27. The third kappa shape index (κ3) is 4.23. The molecule has 0 bridgehead atoms. The predicted octanol–water partition coefficient (Wildman–Crippen LogP) is 5.44. The Kier molecular flexibility index (Phi) is 5.40. The van der Waals surface area contributed by atoms with E-state index in [4.69, 9.17) is 4.74 Å². The topological polar surface area (TPSA) is 45.9 Å². The standard InChI is InChI=1S/C21H16N2OS/c1-2-12-24-19-10-8-16(9-11-19)13-18(14-22)21-23-20(15-25-21)17-6-4-3-5-7-17/h2-11,13,15H,1,12H2/b18-13+. The molecular formula is C21H16N2OS. The molecule has 0 saturated heterocycles. The molecule has 0 radical (unpaired) electrons. The Morgan fingerprint density at radius 1 is 1.16 bits per heavy atom. The van der Waals surface area contributed by atoms with Gasteiger partial charge in [-0.2, -0.15) is 5.26 Å². The molecule has 0 N–H and O–H groups in total. The molecule has 0 amide bonds. The van der Waals surface area contributed by atoms with Crippen LogP contribution in [0.1, 0.15) is 10.6 Å². The van der Waals surface area contributed by atoms with E-state index in [1.807, 2.05) is 66.1 Å². The predicted molar refractivity (Wildman–Crippen MR) is 103 cm³/mol. The lowest BCUT2D eigenvalue weighted by Gasteiger charge is -2.03. The Hall–Kier alpha value is -3.16. The Labute approximate surface area is 151 Å². The van der Waals surface area contributed by atoms with Crippen LogP contribution in [-0.4, -0.2) is 11.6 Å². The van der Waals surface area contributed by atoms with Crippen molar-refractivity contribution in [2.24, 2.45) is 0 Å². The van der Waals surface area contributed by atoms with Gasteiger partial charge in [-0.05, 0) is 23.8 Å². The second-order valence-corrected chi connectivity index (χ2v) is 6.10. The van der Waals surface area contributed by atoms with Crippen LogP contribution in [0.2, 0.25) is 0 Å². The lowest BCUT2D eigenvalue weighted by molar-refractivity contribution is 0.363. The van der Waals surface area contributed by atoms with Crippen LogP contribution in [0.3, 0.4) is 0 Å². The van der Waals surface area contributed by atoms with E-state index in [9.17, 15) is 5.26 Å². The first-order chi connectivity index (χ1) is 12.3. The Balaban J connectivity index is 1.83. The molecule has 0 spiro atoms. The van der Waals surface area contributed by atoms with Gasteiger partial charge in [0.25, 0.3) is 0 Å². The van der Waals surface area contributed by atoms with Crippen LogP contribution < -0.4 is 4.74 Å². The van der Waals surface area contributed by atoms with Gasteiger partial charge in [0.1, 0.15) is 23.4 Å². The second kappa shape index (κ2) is 8.09. The van der Waals surface area contributed by atoms with Crippen molar-refractivity contribution in [3.63, 3.8) is 0 Å². The van der Waals surface area contributed by atoms with Crippen LogP contribution in [0.4, 0.5) is 0 Å². The maximum atomic E-state index is 9.50. The van der Waals surface area contributed by atoms with Crippen LogP contribution >= 0.6 is 11.3 Å². The fourth-order valence-electron chi connectivity index (χ4n) is 2.26. The zero-order valence-corrected chi connectivity index (χ0v) is 14.4. The smallest absolute Gasteiger partial charge is 0.134 e. The lowest BCUT2D eigenvalue weighted by Crippen LogP contribution is -1.92. The molecule has 25 heavy (non-hydrogen) atoms. The van der Waals surface area contributed by atoms with Crippen LogP contribution in [0, 0.1) is 11.3 Å². The fraction of sp³-hybridized carbons (Fsp3) is 0.0476. The van der Waals surface area contributed by atoms with Crippen molar-refractivity contribution in [1.29, 1.82) is 5.26 Å². The summed E-state index contributed by atoms with van der Waals surface area (Å²) in [6.07, 6.45) is 3.54. The van der Waals surface area contributed by atoms with Crippen molar-refractivity contribution in [2.75, 3.05) is 6.61 Å². The summed E-state index contributed by atoms with van der Waals surface area (Å²) < 4.78 is 5.46. The minimum Gasteiger partial charge on any atom is -0.490 e. The van der Waals surface area contributed by atoms with Crippen molar-refractivity contribution < 1.29 is 4.74 Å². The van der Waals surface area contributed by atoms with Crippen LogP contribution in [0.5, 0.6) is 5.75 Å². The van der Waals surface area contributed by atoms with Gasteiger partial charge in [0.05, 0.1) is 11.3 Å². The summed E-state index contributed by atoms with van der Waals surface area (Å²) in [5, 5.41) is 12.2. The summed E-state index contributed by atoms with van der Waals surface area (Å²) in [4.78, 5) is 4.60. The van der Waals surface area contributed by atoms with Gasteiger partial charge >= 0.3 is 0 Å². The Morgan fingerprint density at radius 3 is 2.60 bits per heavy atom. The molecule has 3 rings (SSSR count). The molecule has 0 saturated carbocycles.